The highest BCUT2D eigenvalue weighted by Gasteiger charge is 2.53. The lowest BCUT2D eigenvalue weighted by molar-refractivity contribution is 0.0526. The van der Waals surface area contributed by atoms with E-state index in [9.17, 15) is 14.7 Å². The monoisotopic (exact) mass is 515 g/mol. The van der Waals surface area contributed by atoms with E-state index in [0.717, 1.165) is 49.0 Å². The van der Waals surface area contributed by atoms with Crippen molar-refractivity contribution in [2.75, 3.05) is 26.7 Å². The van der Waals surface area contributed by atoms with Crippen molar-refractivity contribution in [2.24, 2.45) is 0 Å². The lowest BCUT2D eigenvalue weighted by Gasteiger charge is -2.35. The highest BCUT2D eigenvalue weighted by atomic mass is 16.6. The molecule has 1 aromatic rings. The number of methoxy groups -OCH3 is 1. The van der Waals surface area contributed by atoms with Crippen molar-refractivity contribution in [2.45, 2.75) is 89.1 Å². The van der Waals surface area contributed by atoms with Crippen LogP contribution in [-0.4, -0.2) is 66.7 Å². The number of carbonyl (C=O) groups is 2. The fraction of sp³-hybridized carbons (Fsp3) is 0.643. The second-order valence-corrected chi connectivity index (χ2v) is 11.2. The van der Waals surface area contributed by atoms with Crippen molar-refractivity contribution in [3.8, 4) is 11.5 Å². The third-order valence-electron chi connectivity index (χ3n) is 7.29. The third-order valence-corrected chi connectivity index (χ3v) is 7.29. The third kappa shape index (κ3) is 6.14. The van der Waals surface area contributed by atoms with Gasteiger partial charge in [0.2, 0.25) is 0 Å². The van der Waals surface area contributed by atoms with Gasteiger partial charge in [-0.3, -0.25) is 0 Å². The molecule has 3 amide bonds. The molecule has 2 aliphatic heterocycles. The van der Waals surface area contributed by atoms with E-state index in [0.29, 0.717) is 38.3 Å². The topological polar surface area (TPSA) is 109 Å². The first-order valence-corrected chi connectivity index (χ1v) is 13.4. The zero-order chi connectivity index (χ0) is 26.6. The summed E-state index contributed by atoms with van der Waals surface area (Å²) in [6.45, 7) is 7.82. The van der Waals surface area contributed by atoms with Crippen molar-refractivity contribution >= 4 is 12.1 Å². The van der Waals surface area contributed by atoms with Crippen LogP contribution >= 0.6 is 0 Å². The summed E-state index contributed by atoms with van der Waals surface area (Å²) in [5, 5.41) is 16.1. The number of amides is 3. The molecular formula is C28H41N3O6. The van der Waals surface area contributed by atoms with Crippen LogP contribution in [0.15, 0.2) is 24.3 Å². The summed E-state index contributed by atoms with van der Waals surface area (Å²) in [4.78, 5) is 26.6. The van der Waals surface area contributed by atoms with E-state index in [1.807, 2.05) is 43.9 Å². The summed E-state index contributed by atoms with van der Waals surface area (Å²) < 4.78 is 17.1. The molecule has 4 rings (SSSR count). The molecule has 9 heteroatoms. The maximum absolute atomic E-state index is 13.1. The van der Waals surface area contributed by atoms with E-state index in [-0.39, 0.29) is 23.6 Å². The van der Waals surface area contributed by atoms with Gasteiger partial charge in [-0.1, -0.05) is 31.1 Å². The molecule has 0 radical (unpaired) electrons. The van der Waals surface area contributed by atoms with E-state index < -0.39 is 11.7 Å². The quantitative estimate of drug-likeness (QED) is 0.357. The second kappa shape index (κ2) is 11.2. The molecule has 9 nitrogen and oxygen atoms in total. The Bertz CT molecular complexity index is 1020. The van der Waals surface area contributed by atoms with Gasteiger partial charge in [0.05, 0.1) is 18.6 Å². The smallest absolute Gasteiger partial charge is 0.407 e. The van der Waals surface area contributed by atoms with Crippen molar-refractivity contribution in [3.05, 3.63) is 35.4 Å². The Hall–Kier alpha value is -2.94. The Morgan fingerprint density at radius 1 is 1.16 bits per heavy atom. The number of aliphatic hydroxyl groups excluding tert-OH is 1. The van der Waals surface area contributed by atoms with Crippen LogP contribution in [-0.2, 0) is 16.7 Å². The molecule has 0 fully saturated rings. The summed E-state index contributed by atoms with van der Waals surface area (Å²) in [6, 6.07) is 3.86. The Morgan fingerprint density at radius 2 is 1.89 bits per heavy atom. The molecule has 3 unspecified atom stereocenters. The summed E-state index contributed by atoms with van der Waals surface area (Å²) in [5.74, 6) is 1.43. The van der Waals surface area contributed by atoms with Crippen LogP contribution in [0.2, 0.25) is 0 Å². The number of ether oxygens (including phenoxy) is 3. The first kappa shape index (κ1) is 27.1. The molecule has 1 aromatic carbocycles. The van der Waals surface area contributed by atoms with E-state index in [2.05, 4.69) is 16.7 Å². The normalized spacial score (nSPS) is 23.9. The van der Waals surface area contributed by atoms with Crippen LogP contribution in [0.1, 0.15) is 70.4 Å². The molecule has 3 N–H and O–H groups in total. The molecule has 204 valence electrons. The number of nitrogens with zero attached hydrogens (tertiary/aromatic N) is 1. The van der Waals surface area contributed by atoms with E-state index >= 15 is 0 Å². The van der Waals surface area contributed by atoms with Gasteiger partial charge in [0.25, 0.3) is 0 Å². The number of rotatable bonds is 8. The minimum Gasteiger partial charge on any atom is -0.493 e. The summed E-state index contributed by atoms with van der Waals surface area (Å²) in [6.07, 6.45) is 7.78. The number of aliphatic hydroxyl groups is 1. The lowest BCUT2D eigenvalue weighted by atomic mass is 9.69. The molecule has 1 aliphatic carbocycles. The molecular weight excluding hydrogens is 474 g/mol. The molecule has 37 heavy (non-hydrogen) atoms. The first-order valence-electron chi connectivity index (χ1n) is 13.4. The molecule has 3 atom stereocenters. The van der Waals surface area contributed by atoms with Gasteiger partial charge in [0.15, 0.2) is 11.5 Å². The maximum Gasteiger partial charge on any atom is 0.407 e. The SMILES string of the molecule is COc1ccc2c3c1OC1CC(O)C=CC31CCN(C(=O)NCCCCCCNC(=O)OC(C)(C)C)C2. The lowest BCUT2D eigenvalue weighted by Crippen LogP contribution is -2.44. The maximum atomic E-state index is 13.1. The minimum absolute atomic E-state index is 0.0650. The largest absolute Gasteiger partial charge is 0.493 e. The van der Waals surface area contributed by atoms with Crippen LogP contribution < -0.4 is 20.1 Å². The molecule has 3 aliphatic rings. The predicted octanol–water partition coefficient (Wildman–Crippen LogP) is 4.02. The van der Waals surface area contributed by atoms with Gasteiger partial charge in [-0.05, 0) is 51.7 Å². The van der Waals surface area contributed by atoms with E-state index in [4.69, 9.17) is 14.2 Å². The summed E-state index contributed by atoms with van der Waals surface area (Å²) >= 11 is 0. The average molecular weight is 516 g/mol. The van der Waals surface area contributed by atoms with Crippen molar-refractivity contribution < 1.29 is 28.9 Å². The second-order valence-electron chi connectivity index (χ2n) is 11.2. The molecule has 0 bridgehead atoms. The predicted molar refractivity (Wildman–Crippen MR) is 140 cm³/mol. The zero-order valence-electron chi connectivity index (χ0n) is 22.5. The van der Waals surface area contributed by atoms with Crippen molar-refractivity contribution in [1.82, 2.24) is 15.5 Å². The van der Waals surface area contributed by atoms with Crippen molar-refractivity contribution in [1.29, 1.82) is 0 Å². The number of benzene rings is 1. The molecule has 1 spiro atoms. The van der Waals surface area contributed by atoms with Gasteiger partial charge >= 0.3 is 12.1 Å². The van der Waals surface area contributed by atoms with Gasteiger partial charge in [0.1, 0.15) is 11.7 Å². The fourth-order valence-electron chi connectivity index (χ4n) is 5.52. The summed E-state index contributed by atoms with van der Waals surface area (Å²) in [5.41, 5.74) is 1.30. The Morgan fingerprint density at radius 3 is 2.59 bits per heavy atom. The highest BCUT2D eigenvalue weighted by molar-refractivity contribution is 5.75. The van der Waals surface area contributed by atoms with Crippen molar-refractivity contribution in [3.63, 3.8) is 0 Å². The standard InChI is InChI=1S/C28H41N3O6/c1-27(2,3)37-26(34)30-15-8-6-5-7-14-29-25(33)31-16-13-28-12-11-20(32)17-22(28)36-24-21(35-4)10-9-19(18-31)23(24)28/h9-12,20,22,32H,5-8,13-18H2,1-4H3,(H,29,33)(H,30,34). The molecule has 0 saturated heterocycles. The van der Waals surface area contributed by atoms with Gasteiger partial charge < -0.3 is 34.9 Å². The van der Waals surface area contributed by atoms with Crippen LogP contribution in [0.3, 0.4) is 0 Å². The van der Waals surface area contributed by atoms with Gasteiger partial charge in [-0.15, -0.1) is 0 Å². The fourth-order valence-corrected chi connectivity index (χ4v) is 5.52. The number of alkyl carbamates (subject to hydrolysis) is 1. The van der Waals surface area contributed by atoms with Gasteiger partial charge in [-0.2, -0.15) is 0 Å². The highest BCUT2D eigenvalue weighted by Crippen LogP contribution is 2.55. The first-order chi connectivity index (χ1) is 17.6. The van der Waals surface area contributed by atoms with Gasteiger partial charge in [-0.25, -0.2) is 9.59 Å². The van der Waals surface area contributed by atoms with Crippen LogP contribution in [0.5, 0.6) is 11.5 Å². The van der Waals surface area contributed by atoms with Crippen LogP contribution in [0, 0.1) is 0 Å². The molecule has 0 aromatic heterocycles. The number of hydrogen-bond acceptors (Lipinski definition) is 6. The van der Waals surface area contributed by atoms with Crippen LogP contribution in [0.4, 0.5) is 9.59 Å². The number of urea groups is 1. The zero-order valence-corrected chi connectivity index (χ0v) is 22.5. The molecule has 2 heterocycles. The van der Waals surface area contributed by atoms with E-state index in [1.54, 1.807) is 7.11 Å². The van der Waals surface area contributed by atoms with Gasteiger partial charge in [0, 0.05) is 38.2 Å². The minimum atomic E-state index is -0.532. The summed E-state index contributed by atoms with van der Waals surface area (Å²) in [7, 11) is 1.63. The number of carbonyl (C=O) groups excluding carboxylic acids is 2. The Kier molecular flexibility index (Phi) is 8.21. The average Bonchev–Trinajstić information content (AvgIpc) is 3.06. The van der Waals surface area contributed by atoms with E-state index in [1.165, 1.54) is 0 Å². The number of hydrogen-bond donors (Lipinski definition) is 3. The number of unbranched alkanes of at least 4 members (excludes halogenated alkanes) is 3. The number of nitrogens with one attached hydrogen (secondary N) is 2. The molecule has 0 saturated carbocycles. The van der Waals surface area contributed by atoms with Crippen LogP contribution in [0.25, 0.3) is 0 Å². The Balaban J connectivity index is 1.26. The Labute approximate surface area is 219 Å².